The zero-order valence-electron chi connectivity index (χ0n) is 13.6. The molecular weight excluding hydrogens is 288 g/mol. The van der Waals surface area contributed by atoms with Crippen molar-refractivity contribution in [3.8, 4) is 0 Å². The Hall–Kier alpha value is -0.100. The fraction of sp³-hybridized carbons (Fsp3) is 0.733. The summed E-state index contributed by atoms with van der Waals surface area (Å²) in [4.78, 5) is 0. The molecule has 0 aromatic rings. The van der Waals surface area contributed by atoms with Crippen LogP contribution in [0.25, 0.3) is 0 Å². The molecular formula is C15H32N2OS2. The molecule has 1 saturated heterocycles. The predicted molar refractivity (Wildman–Crippen MR) is 95.7 cm³/mol. The maximum atomic E-state index is 11.2. The van der Waals surface area contributed by atoms with Crippen LogP contribution in [0.3, 0.4) is 0 Å². The van der Waals surface area contributed by atoms with Crippen LogP contribution in [0.15, 0.2) is 24.0 Å². The fourth-order valence-corrected chi connectivity index (χ4v) is 2.71. The van der Waals surface area contributed by atoms with E-state index >= 15 is 0 Å². The van der Waals surface area contributed by atoms with Crippen molar-refractivity contribution >= 4 is 22.9 Å². The molecule has 1 N–H and O–H groups in total. The van der Waals surface area contributed by atoms with Gasteiger partial charge in [-0.3, -0.25) is 4.72 Å². The minimum Gasteiger partial charge on any atom is -0.260 e. The summed E-state index contributed by atoms with van der Waals surface area (Å²) in [5.41, 5.74) is 0. The van der Waals surface area contributed by atoms with Crippen LogP contribution in [-0.4, -0.2) is 28.1 Å². The maximum Gasteiger partial charge on any atom is 0.119 e. The molecule has 20 heavy (non-hydrogen) atoms. The summed E-state index contributed by atoms with van der Waals surface area (Å²) >= 11 is 1.55. The molecule has 0 saturated carbocycles. The minimum absolute atomic E-state index is 0.799. The summed E-state index contributed by atoms with van der Waals surface area (Å²) in [6, 6.07) is 0. The normalized spacial score (nSPS) is 17.0. The molecule has 1 aliphatic rings. The predicted octanol–water partition coefficient (Wildman–Crippen LogP) is 4.33. The SMILES string of the molecule is C=CS(=O)N1CCC(C)CC1.C=CSNCCC.CC. The van der Waals surface area contributed by atoms with Gasteiger partial charge in [0.05, 0.1) is 0 Å². The molecule has 1 aliphatic heterocycles. The number of rotatable bonds is 6. The van der Waals surface area contributed by atoms with E-state index in [4.69, 9.17) is 0 Å². The highest BCUT2D eigenvalue weighted by Crippen LogP contribution is 2.17. The van der Waals surface area contributed by atoms with E-state index in [2.05, 4.69) is 31.7 Å². The standard InChI is InChI=1S/C8H15NOS.C5H11NS.C2H6/c1-3-11(10)9-6-4-8(2)5-7-9;1-3-5-6-7-4-2;1-2/h3,8H,1,4-7H2,2H3;4,6H,2-3,5H2,1H3;1-2H3. The quantitative estimate of drug-likeness (QED) is 0.584. The van der Waals surface area contributed by atoms with Crippen LogP contribution in [-0.2, 0) is 11.0 Å². The summed E-state index contributed by atoms with van der Waals surface area (Å²) in [7, 11) is -0.931. The lowest BCUT2D eigenvalue weighted by Crippen LogP contribution is -2.33. The Bertz CT molecular complexity index is 252. The van der Waals surface area contributed by atoms with Gasteiger partial charge in [-0.15, -0.1) is 0 Å². The molecule has 5 heteroatoms. The smallest absolute Gasteiger partial charge is 0.119 e. The van der Waals surface area contributed by atoms with E-state index in [-0.39, 0.29) is 0 Å². The molecule has 0 spiro atoms. The first-order valence-corrected chi connectivity index (χ1v) is 9.48. The zero-order valence-corrected chi connectivity index (χ0v) is 15.2. The molecule has 0 bridgehead atoms. The van der Waals surface area contributed by atoms with Crippen molar-refractivity contribution in [1.29, 1.82) is 0 Å². The first-order valence-electron chi connectivity index (χ1n) is 7.43. The Morgan fingerprint density at radius 2 is 1.90 bits per heavy atom. The monoisotopic (exact) mass is 320 g/mol. The second kappa shape index (κ2) is 17.0. The van der Waals surface area contributed by atoms with Gasteiger partial charge in [0.25, 0.3) is 0 Å². The van der Waals surface area contributed by atoms with E-state index < -0.39 is 11.0 Å². The molecule has 0 aromatic heterocycles. The van der Waals surface area contributed by atoms with Gasteiger partial charge in [0, 0.05) is 25.0 Å². The zero-order chi connectivity index (χ0) is 15.8. The van der Waals surface area contributed by atoms with E-state index in [9.17, 15) is 4.21 Å². The lowest BCUT2D eigenvalue weighted by atomic mass is 10.0. The summed E-state index contributed by atoms with van der Waals surface area (Å²) in [5, 5.41) is 3.30. The van der Waals surface area contributed by atoms with Gasteiger partial charge in [0.15, 0.2) is 0 Å². The molecule has 120 valence electrons. The summed E-state index contributed by atoms with van der Waals surface area (Å²) in [5.74, 6) is 0.799. The van der Waals surface area contributed by atoms with Crippen LogP contribution in [0, 0.1) is 5.92 Å². The number of nitrogens with zero attached hydrogens (tertiary/aromatic N) is 1. The van der Waals surface area contributed by atoms with Gasteiger partial charge in [-0.05, 0) is 30.6 Å². The van der Waals surface area contributed by atoms with Gasteiger partial charge in [-0.1, -0.05) is 52.8 Å². The topological polar surface area (TPSA) is 32.3 Å². The molecule has 1 heterocycles. The lowest BCUT2D eigenvalue weighted by molar-refractivity contribution is 0.301. The van der Waals surface area contributed by atoms with Crippen molar-refractivity contribution in [3.05, 3.63) is 24.0 Å². The van der Waals surface area contributed by atoms with Gasteiger partial charge in [0.1, 0.15) is 11.0 Å². The Kier molecular flexibility index (Phi) is 18.8. The molecule has 1 fully saturated rings. The van der Waals surface area contributed by atoms with E-state index in [0.717, 1.165) is 25.6 Å². The second-order valence-electron chi connectivity index (χ2n) is 4.23. The van der Waals surface area contributed by atoms with E-state index in [1.807, 2.05) is 18.2 Å². The van der Waals surface area contributed by atoms with Crippen LogP contribution >= 0.6 is 11.9 Å². The first-order chi connectivity index (χ1) is 9.65. The number of hydrogen-bond donors (Lipinski definition) is 1. The Labute approximate surface area is 133 Å². The van der Waals surface area contributed by atoms with Crippen LogP contribution in [0.5, 0.6) is 0 Å². The summed E-state index contributed by atoms with van der Waals surface area (Å²) < 4.78 is 16.3. The van der Waals surface area contributed by atoms with Gasteiger partial charge in [-0.25, -0.2) is 8.51 Å². The molecule has 0 radical (unpaired) electrons. The van der Waals surface area contributed by atoms with Gasteiger partial charge in [0.2, 0.25) is 0 Å². The van der Waals surface area contributed by atoms with E-state index in [1.54, 1.807) is 17.4 Å². The molecule has 1 unspecified atom stereocenters. The average molecular weight is 321 g/mol. The van der Waals surface area contributed by atoms with Crippen LogP contribution in [0.1, 0.15) is 47.0 Å². The highest BCUT2D eigenvalue weighted by atomic mass is 32.2. The largest absolute Gasteiger partial charge is 0.260 e. The third-order valence-corrected chi connectivity index (χ3v) is 4.36. The molecule has 3 nitrogen and oxygen atoms in total. The van der Waals surface area contributed by atoms with Crippen molar-refractivity contribution in [1.82, 2.24) is 9.03 Å². The molecule has 1 atom stereocenters. The average Bonchev–Trinajstić information content (AvgIpc) is 2.50. The number of piperidine rings is 1. The summed E-state index contributed by atoms with van der Waals surface area (Å²) in [6.45, 7) is 18.4. The van der Waals surface area contributed by atoms with Crippen molar-refractivity contribution in [3.63, 3.8) is 0 Å². The van der Waals surface area contributed by atoms with Gasteiger partial charge >= 0.3 is 0 Å². The molecule has 0 aromatic carbocycles. The second-order valence-corrected chi connectivity index (χ2v) is 6.49. The van der Waals surface area contributed by atoms with Gasteiger partial charge in [-0.2, -0.15) is 0 Å². The van der Waals surface area contributed by atoms with E-state index in [1.165, 1.54) is 24.7 Å². The first kappa shape index (κ1) is 22.2. The fourth-order valence-electron chi connectivity index (χ4n) is 1.49. The van der Waals surface area contributed by atoms with Gasteiger partial charge < -0.3 is 0 Å². The third kappa shape index (κ3) is 12.9. The molecule has 0 aliphatic carbocycles. The maximum absolute atomic E-state index is 11.2. The Morgan fingerprint density at radius 3 is 2.30 bits per heavy atom. The van der Waals surface area contributed by atoms with Crippen molar-refractivity contribution < 1.29 is 4.21 Å². The lowest BCUT2D eigenvalue weighted by Gasteiger charge is -2.27. The number of hydrogen-bond acceptors (Lipinski definition) is 3. The van der Waals surface area contributed by atoms with Crippen LogP contribution in [0.2, 0.25) is 0 Å². The number of nitrogens with one attached hydrogen (secondary N) is 1. The Balaban J connectivity index is 0. The van der Waals surface area contributed by atoms with Crippen molar-refractivity contribution in [2.75, 3.05) is 19.6 Å². The summed E-state index contributed by atoms with van der Waals surface area (Å²) in [6.07, 6.45) is 3.51. The van der Waals surface area contributed by atoms with Crippen molar-refractivity contribution in [2.45, 2.75) is 47.0 Å². The molecule has 0 amide bonds. The van der Waals surface area contributed by atoms with Crippen LogP contribution in [0.4, 0.5) is 0 Å². The molecule has 1 rings (SSSR count). The Morgan fingerprint density at radius 1 is 1.35 bits per heavy atom. The third-order valence-electron chi connectivity index (χ3n) is 2.66. The highest BCUT2D eigenvalue weighted by molar-refractivity contribution is 8.00. The van der Waals surface area contributed by atoms with Crippen LogP contribution < -0.4 is 4.72 Å². The van der Waals surface area contributed by atoms with E-state index in [0.29, 0.717) is 0 Å². The highest BCUT2D eigenvalue weighted by Gasteiger charge is 2.17. The minimum atomic E-state index is -0.931. The van der Waals surface area contributed by atoms with Crippen molar-refractivity contribution in [2.24, 2.45) is 5.92 Å².